The van der Waals surface area contributed by atoms with Gasteiger partial charge in [0.1, 0.15) is 5.82 Å². The molecule has 2 aromatic rings. The van der Waals surface area contributed by atoms with Crippen LogP contribution in [-0.2, 0) is 0 Å². The van der Waals surface area contributed by atoms with Crippen molar-refractivity contribution in [2.75, 3.05) is 23.0 Å². The summed E-state index contributed by atoms with van der Waals surface area (Å²) >= 11 is 3.58. The molecule has 4 heteroatoms. The topological polar surface area (TPSA) is 6.48 Å². The molecule has 1 aliphatic heterocycles. The highest BCUT2D eigenvalue weighted by molar-refractivity contribution is 9.10. The first kappa shape index (κ1) is 14.1. The van der Waals surface area contributed by atoms with Gasteiger partial charge in [0.2, 0.25) is 0 Å². The van der Waals surface area contributed by atoms with Crippen LogP contribution < -0.4 is 9.80 Å². The molecule has 0 radical (unpaired) electrons. The SMILES string of the molecule is Cc1c(Br)cccc1N1CC=CN(c2ccc(F)cc2)C1. The summed E-state index contributed by atoms with van der Waals surface area (Å²) in [5.74, 6) is -0.209. The monoisotopic (exact) mass is 346 g/mol. The van der Waals surface area contributed by atoms with Gasteiger partial charge in [-0.15, -0.1) is 0 Å². The van der Waals surface area contributed by atoms with Crippen molar-refractivity contribution < 1.29 is 4.39 Å². The molecule has 0 amide bonds. The third-order valence-electron chi connectivity index (χ3n) is 3.67. The first-order valence-corrected chi connectivity index (χ1v) is 7.63. The predicted octanol–water partition coefficient (Wildman–Crippen LogP) is 4.69. The largest absolute Gasteiger partial charge is 0.349 e. The molecule has 1 heterocycles. The summed E-state index contributed by atoms with van der Waals surface area (Å²) in [5, 5.41) is 0. The molecule has 0 aromatic heterocycles. The van der Waals surface area contributed by atoms with Crippen molar-refractivity contribution in [1.82, 2.24) is 0 Å². The summed E-state index contributed by atoms with van der Waals surface area (Å²) in [6.07, 6.45) is 4.17. The molecule has 0 saturated carbocycles. The Hall–Kier alpha value is -1.81. The Kier molecular flexibility index (Phi) is 3.97. The highest BCUT2D eigenvalue weighted by Crippen LogP contribution is 2.29. The molecule has 1 aliphatic rings. The fourth-order valence-corrected chi connectivity index (χ4v) is 2.86. The van der Waals surface area contributed by atoms with Crippen LogP contribution in [0.3, 0.4) is 0 Å². The van der Waals surface area contributed by atoms with Crippen LogP contribution in [0, 0.1) is 12.7 Å². The Balaban J connectivity index is 1.86. The van der Waals surface area contributed by atoms with Gasteiger partial charge >= 0.3 is 0 Å². The Morgan fingerprint density at radius 3 is 2.62 bits per heavy atom. The fourth-order valence-electron chi connectivity index (χ4n) is 2.50. The van der Waals surface area contributed by atoms with Crippen LogP contribution >= 0.6 is 15.9 Å². The lowest BCUT2D eigenvalue weighted by Crippen LogP contribution is -2.39. The van der Waals surface area contributed by atoms with E-state index in [1.54, 1.807) is 12.1 Å². The molecular formula is C17H16BrFN2. The van der Waals surface area contributed by atoms with E-state index in [-0.39, 0.29) is 5.82 Å². The van der Waals surface area contributed by atoms with Gasteiger partial charge in [-0.1, -0.05) is 22.0 Å². The van der Waals surface area contributed by atoms with Crippen LogP contribution in [-0.4, -0.2) is 13.2 Å². The Morgan fingerprint density at radius 2 is 1.86 bits per heavy atom. The van der Waals surface area contributed by atoms with Crippen LogP contribution in [0.4, 0.5) is 15.8 Å². The number of hydrogen-bond donors (Lipinski definition) is 0. The molecule has 3 rings (SSSR count). The first-order valence-electron chi connectivity index (χ1n) is 6.84. The van der Waals surface area contributed by atoms with Gasteiger partial charge in [0.05, 0.1) is 6.67 Å². The molecule has 0 N–H and O–H groups in total. The average molecular weight is 347 g/mol. The minimum Gasteiger partial charge on any atom is -0.349 e. The minimum atomic E-state index is -0.209. The van der Waals surface area contributed by atoms with Gasteiger partial charge in [0.15, 0.2) is 0 Å². The van der Waals surface area contributed by atoms with E-state index in [0.717, 1.165) is 23.4 Å². The highest BCUT2D eigenvalue weighted by atomic mass is 79.9. The average Bonchev–Trinajstić information content (AvgIpc) is 2.51. The normalized spacial score (nSPS) is 14.6. The molecule has 2 nitrogen and oxygen atoms in total. The van der Waals surface area contributed by atoms with Crippen LogP contribution in [0.2, 0.25) is 0 Å². The molecule has 0 aliphatic carbocycles. The molecule has 0 atom stereocenters. The third-order valence-corrected chi connectivity index (χ3v) is 4.53. The second-order valence-corrected chi connectivity index (χ2v) is 5.93. The zero-order valence-electron chi connectivity index (χ0n) is 11.8. The van der Waals surface area contributed by atoms with Gasteiger partial charge in [-0.3, -0.25) is 0 Å². The van der Waals surface area contributed by atoms with Gasteiger partial charge in [0, 0.05) is 28.6 Å². The van der Waals surface area contributed by atoms with E-state index in [2.05, 4.69) is 57.1 Å². The summed E-state index contributed by atoms with van der Waals surface area (Å²) in [6, 6.07) is 12.8. The van der Waals surface area contributed by atoms with Crippen molar-refractivity contribution in [3.8, 4) is 0 Å². The van der Waals surface area contributed by atoms with Gasteiger partial charge in [-0.25, -0.2) is 4.39 Å². The van der Waals surface area contributed by atoms with Crippen LogP contribution in [0.15, 0.2) is 59.2 Å². The quantitative estimate of drug-likeness (QED) is 0.777. The molecule has 0 bridgehead atoms. The number of benzene rings is 2. The Morgan fingerprint density at radius 1 is 1.10 bits per heavy atom. The predicted molar refractivity (Wildman–Crippen MR) is 89.1 cm³/mol. The van der Waals surface area contributed by atoms with Crippen LogP contribution in [0.1, 0.15) is 5.56 Å². The number of anilines is 2. The molecule has 108 valence electrons. The smallest absolute Gasteiger partial charge is 0.123 e. The lowest BCUT2D eigenvalue weighted by Gasteiger charge is -2.35. The summed E-state index contributed by atoms with van der Waals surface area (Å²) in [4.78, 5) is 4.41. The van der Waals surface area contributed by atoms with Gasteiger partial charge in [-0.05, 0) is 55.0 Å². The van der Waals surface area contributed by atoms with E-state index in [0.29, 0.717) is 0 Å². The minimum absolute atomic E-state index is 0.209. The van der Waals surface area contributed by atoms with E-state index in [1.165, 1.54) is 23.4 Å². The van der Waals surface area contributed by atoms with Crippen LogP contribution in [0.25, 0.3) is 0 Å². The molecule has 0 unspecified atom stereocenters. The standard InChI is InChI=1S/C17H16BrFN2/c1-13-16(18)4-2-5-17(13)21-11-3-10-20(12-21)15-8-6-14(19)7-9-15/h2-10H,11-12H2,1H3. The zero-order chi connectivity index (χ0) is 14.8. The van der Waals surface area contributed by atoms with E-state index < -0.39 is 0 Å². The Bertz CT molecular complexity index is 667. The van der Waals surface area contributed by atoms with Gasteiger partial charge in [0.25, 0.3) is 0 Å². The van der Waals surface area contributed by atoms with Gasteiger partial charge < -0.3 is 9.80 Å². The summed E-state index contributed by atoms with van der Waals surface area (Å²) in [7, 11) is 0. The molecule has 0 spiro atoms. The van der Waals surface area contributed by atoms with E-state index >= 15 is 0 Å². The second kappa shape index (κ2) is 5.90. The van der Waals surface area contributed by atoms with Gasteiger partial charge in [-0.2, -0.15) is 0 Å². The lowest BCUT2D eigenvalue weighted by atomic mass is 10.1. The fraction of sp³-hybridized carbons (Fsp3) is 0.176. The van der Waals surface area contributed by atoms with Crippen molar-refractivity contribution >= 4 is 27.3 Å². The van der Waals surface area contributed by atoms with E-state index in [9.17, 15) is 4.39 Å². The van der Waals surface area contributed by atoms with E-state index in [4.69, 9.17) is 0 Å². The van der Waals surface area contributed by atoms with E-state index in [1.807, 2.05) is 6.07 Å². The number of nitrogens with zero attached hydrogens (tertiary/aromatic N) is 2. The molecule has 2 aromatic carbocycles. The summed E-state index contributed by atoms with van der Waals surface area (Å²) in [5.41, 5.74) is 3.43. The molecule has 21 heavy (non-hydrogen) atoms. The third kappa shape index (κ3) is 2.95. The van der Waals surface area contributed by atoms with Crippen molar-refractivity contribution in [1.29, 1.82) is 0 Å². The molecule has 0 saturated heterocycles. The maximum atomic E-state index is 13.0. The van der Waals surface area contributed by atoms with Crippen molar-refractivity contribution in [3.05, 3.63) is 70.6 Å². The number of hydrogen-bond acceptors (Lipinski definition) is 2. The Labute approximate surface area is 132 Å². The zero-order valence-corrected chi connectivity index (χ0v) is 13.3. The highest BCUT2D eigenvalue weighted by Gasteiger charge is 2.16. The molecule has 0 fully saturated rings. The maximum Gasteiger partial charge on any atom is 0.123 e. The van der Waals surface area contributed by atoms with Crippen molar-refractivity contribution in [2.45, 2.75) is 6.92 Å². The van der Waals surface area contributed by atoms with Crippen molar-refractivity contribution in [3.63, 3.8) is 0 Å². The van der Waals surface area contributed by atoms with Crippen molar-refractivity contribution in [2.24, 2.45) is 0 Å². The number of halogens is 2. The number of rotatable bonds is 2. The lowest BCUT2D eigenvalue weighted by molar-refractivity contribution is 0.627. The maximum absolute atomic E-state index is 13.0. The summed E-state index contributed by atoms with van der Waals surface area (Å²) < 4.78 is 14.2. The molecular weight excluding hydrogens is 331 g/mol. The first-order chi connectivity index (χ1) is 10.1. The van der Waals surface area contributed by atoms with Crippen LogP contribution in [0.5, 0.6) is 0 Å². The summed E-state index contributed by atoms with van der Waals surface area (Å²) in [6.45, 7) is 3.73. The second-order valence-electron chi connectivity index (χ2n) is 5.08.